The average molecular weight is 231 g/mol. The van der Waals surface area contributed by atoms with Crippen LogP contribution in [0.5, 0.6) is 5.75 Å². The maximum Gasteiger partial charge on any atom is 0.169 e. The largest absolute Gasteiger partial charge is 0.493 e. The van der Waals surface area contributed by atoms with Crippen LogP contribution in [0.25, 0.3) is 0 Å². The standard InChI is InChI=1S/C10H15ClN2O2/c1-14-7-8(6-11)13-10-9(15-2)4-3-5-12-10/h3-5,8H,6-7H2,1-2H3,(H,12,13). The van der Waals surface area contributed by atoms with E-state index in [0.717, 1.165) is 0 Å². The Balaban J connectivity index is 2.69. The Kier molecular flexibility index (Phi) is 5.21. The molecular formula is C10H15ClN2O2. The maximum atomic E-state index is 5.78. The zero-order valence-electron chi connectivity index (χ0n) is 8.87. The highest BCUT2D eigenvalue weighted by atomic mass is 35.5. The highest BCUT2D eigenvalue weighted by molar-refractivity contribution is 6.18. The maximum absolute atomic E-state index is 5.78. The SMILES string of the molecule is COCC(CCl)Nc1ncccc1OC. The molecule has 4 nitrogen and oxygen atoms in total. The second-order valence-corrected chi connectivity index (χ2v) is 3.31. The van der Waals surface area contributed by atoms with Gasteiger partial charge < -0.3 is 14.8 Å². The molecule has 5 heteroatoms. The van der Waals surface area contributed by atoms with Crippen LogP contribution in [0, 0.1) is 0 Å². The fraction of sp³-hybridized carbons (Fsp3) is 0.500. The van der Waals surface area contributed by atoms with Gasteiger partial charge in [0.2, 0.25) is 0 Å². The molecule has 1 unspecified atom stereocenters. The van der Waals surface area contributed by atoms with Crippen LogP contribution < -0.4 is 10.1 Å². The molecule has 0 radical (unpaired) electrons. The summed E-state index contributed by atoms with van der Waals surface area (Å²) in [6.07, 6.45) is 1.70. The number of hydrogen-bond donors (Lipinski definition) is 1. The fourth-order valence-electron chi connectivity index (χ4n) is 1.18. The van der Waals surface area contributed by atoms with Crippen LogP contribution in [-0.2, 0) is 4.74 Å². The van der Waals surface area contributed by atoms with Crippen molar-refractivity contribution >= 4 is 17.4 Å². The summed E-state index contributed by atoms with van der Waals surface area (Å²) in [7, 11) is 3.24. The van der Waals surface area contributed by atoms with Crippen molar-refractivity contribution in [2.24, 2.45) is 0 Å². The van der Waals surface area contributed by atoms with Gasteiger partial charge in [0.25, 0.3) is 0 Å². The molecule has 0 saturated heterocycles. The quantitative estimate of drug-likeness (QED) is 0.757. The van der Waals surface area contributed by atoms with Gasteiger partial charge in [0, 0.05) is 19.2 Å². The van der Waals surface area contributed by atoms with Gasteiger partial charge in [-0.2, -0.15) is 0 Å². The van der Waals surface area contributed by atoms with Crippen LogP contribution in [0.15, 0.2) is 18.3 Å². The third-order valence-electron chi connectivity index (χ3n) is 1.89. The van der Waals surface area contributed by atoms with Crippen molar-refractivity contribution in [3.63, 3.8) is 0 Å². The number of aromatic nitrogens is 1. The van der Waals surface area contributed by atoms with E-state index >= 15 is 0 Å². The minimum atomic E-state index is 0.0282. The van der Waals surface area contributed by atoms with Gasteiger partial charge in [-0.25, -0.2) is 4.98 Å². The van der Waals surface area contributed by atoms with Gasteiger partial charge in [-0.05, 0) is 12.1 Å². The van der Waals surface area contributed by atoms with E-state index in [1.165, 1.54) is 0 Å². The molecule has 0 saturated carbocycles. The first-order valence-electron chi connectivity index (χ1n) is 4.62. The Morgan fingerprint density at radius 2 is 2.33 bits per heavy atom. The number of alkyl halides is 1. The van der Waals surface area contributed by atoms with Crippen molar-refractivity contribution in [1.82, 2.24) is 4.98 Å². The lowest BCUT2D eigenvalue weighted by atomic mass is 10.3. The van der Waals surface area contributed by atoms with Crippen molar-refractivity contribution in [2.75, 3.05) is 32.0 Å². The number of nitrogens with one attached hydrogen (secondary N) is 1. The predicted octanol–water partition coefficient (Wildman–Crippen LogP) is 1.76. The summed E-state index contributed by atoms with van der Waals surface area (Å²) in [5.74, 6) is 1.83. The van der Waals surface area contributed by atoms with Crippen molar-refractivity contribution in [3.05, 3.63) is 18.3 Å². The molecule has 84 valence electrons. The van der Waals surface area contributed by atoms with Crippen molar-refractivity contribution in [3.8, 4) is 5.75 Å². The number of ether oxygens (including phenoxy) is 2. The van der Waals surface area contributed by atoms with E-state index in [9.17, 15) is 0 Å². The minimum Gasteiger partial charge on any atom is -0.493 e. The van der Waals surface area contributed by atoms with E-state index in [1.807, 2.05) is 12.1 Å². The lowest BCUT2D eigenvalue weighted by molar-refractivity contribution is 0.191. The molecule has 0 spiro atoms. The highest BCUT2D eigenvalue weighted by Crippen LogP contribution is 2.20. The summed E-state index contributed by atoms with van der Waals surface area (Å²) in [6.45, 7) is 0.531. The van der Waals surface area contributed by atoms with Gasteiger partial charge in [-0.3, -0.25) is 0 Å². The van der Waals surface area contributed by atoms with E-state index in [-0.39, 0.29) is 6.04 Å². The Morgan fingerprint density at radius 1 is 1.53 bits per heavy atom. The van der Waals surface area contributed by atoms with Crippen molar-refractivity contribution in [1.29, 1.82) is 0 Å². The van der Waals surface area contributed by atoms with E-state index < -0.39 is 0 Å². The normalized spacial score (nSPS) is 12.2. The molecule has 1 aromatic heterocycles. The summed E-state index contributed by atoms with van der Waals surface area (Å²) in [5, 5.41) is 3.16. The lowest BCUT2D eigenvalue weighted by Gasteiger charge is -2.17. The smallest absolute Gasteiger partial charge is 0.169 e. The van der Waals surface area contributed by atoms with Crippen LogP contribution in [0.3, 0.4) is 0 Å². The summed E-state index contributed by atoms with van der Waals surface area (Å²) in [4.78, 5) is 4.17. The van der Waals surface area contributed by atoms with E-state index in [4.69, 9.17) is 21.1 Å². The molecule has 0 amide bonds. The summed E-state index contributed by atoms with van der Waals surface area (Å²) < 4.78 is 10.2. The van der Waals surface area contributed by atoms with Crippen LogP contribution in [-0.4, -0.2) is 37.7 Å². The number of anilines is 1. The third kappa shape index (κ3) is 3.57. The number of hydrogen-bond acceptors (Lipinski definition) is 4. The van der Waals surface area contributed by atoms with Gasteiger partial charge in [0.05, 0.1) is 19.8 Å². The molecule has 0 aliphatic carbocycles. The highest BCUT2D eigenvalue weighted by Gasteiger charge is 2.10. The summed E-state index contributed by atoms with van der Waals surface area (Å²) in [6, 6.07) is 3.68. The zero-order chi connectivity index (χ0) is 11.1. The molecule has 0 aliphatic heterocycles. The van der Waals surface area contributed by atoms with Crippen LogP contribution in [0.1, 0.15) is 0 Å². The van der Waals surface area contributed by atoms with Gasteiger partial charge in [0.1, 0.15) is 0 Å². The Labute approximate surface area is 94.6 Å². The summed E-state index contributed by atoms with van der Waals surface area (Å²) >= 11 is 5.78. The number of halogens is 1. The molecule has 1 rings (SSSR count). The second-order valence-electron chi connectivity index (χ2n) is 3.01. The topological polar surface area (TPSA) is 43.4 Å². The molecule has 1 N–H and O–H groups in total. The molecule has 0 bridgehead atoms. The molecule has 0 aromatic carbocycles. The molecule has 1 aromatic rings. The number of pyridine rings is 1. The van der Waals surface area contributed by atoms with Gasteiger partial charge in [-0.15, -0.1) is 11.6 Å². The third-order valence-corrected chi connectivity index (χ3v) is 2.26. The number of rotatable bonds is 6. The molecule has 0 fully saturated rings. The van der Waals surface area contributed by atoms with E-state index in [2.05, 4.69) is 10.3 Å². The van der Waals surface area contributed by atoms with Gasteiger partial charge in [0.15, 0.2) is 11.6 Å². The Morgan fingerprint density at radius 3 is 2.93 bits per heavy atom. The van der Waals surface area contributed by atoms with Crippen LogP contribution in [0.4, 0.5) is 5.82 Å². The van der Waals surface area contributed by atoms with Crippen LogP contribution in [0.2, 0.25) is 0 Å². The summed E-state index contributed by atoms with van der Waals surface area (Å²) in [5.41, 5.74) is 0. The number of methoxy groups -OCH3 is 2. The van der Waals surface area contributed by atoms with Gasteiger partial charge >= 0.3 is 0 Å². The molecule has 0 aliphatic rings. The zero-order valence-corrected chi connectivity index (χ0v) is 9.62. The van der Waals surface area contributed by atoms with E-state index in [0.29, 0.717) is 24.1 Å². The minimum absolute atomic E-state index is 0.0282. The predicted molar refractivity (Wildman–Crippen MR) is 60.8 cm³/mol. The first kappa shape index (κ1) is 12.1. The van der Waals surface area contributed by atoms with E-state index in [1.54, 1.807) is 20.4 Å². The first-order valence-corrected chi connectivity index (χ1v) is 5.15. The van der Waals surface area contributed by atoms with Gasteiger partial charge in [-0.1, -0.05) is 0 Å². The molecule has 15 heavy (non-hydrogen) atoms. The molecular weight excluding hydrogens is 216 g/mol. The van der Waals surface area contributed by atoms with Crippen molar-refractivity contribution in [2.45, 2.75) is 6.04 Å². The number of nitrogens with zero attached hydrogens (tertiary/aromatic N) is 1. The lowest BCUT2D eigenvalue weighted by Crippen LogP contribution is -2.27. The Bertz CT molecular complexity index is 297. The average Bonchev–Trinajstić information content (AvgIpc) is 2.29. The molecule has 1 atom stereocenters. The van der Waals surface area contributed by atoms with Crippen LogP contribution >= 0.6 is 11.6 Å². The van der Waals surface area contributed by atoms with Crippen molar-refractivity contribution < 1.29 is 9.47 Å². The fourth-order valence-corrected chi connectivity index (χ4v) is 1.35. The first-order chi connectivity index (χ1) is 7.31. The second kappa shape index (κ2) is 6.48. The monoisotopic (exact) mass is 230 g/mol. The Hall–Kier alpha value is -1.00. The molecule has 1 heterocycles.